The zero-order chi connectivity index (χ0) is 24.8. The number of amides is 1. The Bertz CT molecular complexity index is 1190. The van der Waals surface area contributed by atoms with Crippen molar-refractivity contribution in [3.05, 3.63) is 71.2 Å². The number of nitrogens with zero attached hydrogens (tertiary/aromatic N) is 2. The number of rotatable bonds is 4. The summed E-state index contributed by atoms with van der Waals surface area (Å²) in [4.78, 5) is 36.6. The number of carbonyl (C=O) groups is 3. The molecule has 9 heteroatoms. The Morgan fingerprint density at radius 3 is 2.26 bits per heavy atom. The number of carbonyl (C=O) groups excluding carboxylic acids is 1. The van der Waals surface area contributed by atoms with Crippen LogP contribution in [0.25, 0.3) is 10.8 Å². The van der Waals surface area contributed by atoms with Crippen LogP contribution in [0.5, 0.6) is 0 Å². The highest BCUT2D eigenvalue weighted by Crippen LogP contribution is 2.48. The van der Waals surface area contributed by atoms with Crippen LogP contribution < -0.4 is 4.90 Å². The predicted octanol–water partition coefficient (Wildman–Crippen LogP) is 4.78. The first kappa shape index (κ1) is 25.6. The van der Waals surface area contributed by atoms with Gasteiger partial charge in [-0.1, -0.05) is 54.1 Å². The fourth-order valence-electron chi connectivity index (χ4n) is 3.59. The lowest BCUT2D eigenvalue weighted by Gasteiger charge is -2.35. The van der Waals surface area contributed by atoms with Crippen LogP contribution in [-0.4, -0.2) is 60.1 Å². The predicted molar refractivity (Wildman–Crippen MR) is 135 cm³/mol. The van der Waals surface area contributed by atoms with E-state index in [4.69, 9.17) is 31.4 Å². The molecule has 0 spiro atoms. The molecule has 0 saturated carbocycles. The van der Waals surface area contributed by atoms with Gasteiger partial charge in [-0.2, -0.15) is 0 Å². The summed E-state index contributed by atoms with van der Waals surface area (Å²) in [5.41, 5.74) is 2.25. The van der Waals surface area contributed by atoms with Crippen LogP contribution in [0.2, 0.25) is 5.02 Å². The summed E-state index contributed by atoms with van der Waals surface area (Å²) in [6.45, 7) is 1.41. The van der Waals surface area contributed by atoms with Gasteiger partial charge in [0.05, 0.1) is 10.9 Å². The normalized spacial score (nSPS) is 14.8. The average Bonchev–Trinajstić information content (AvgIpc) is 2.82. The molecule has 4 rings (SSSR count). The van der Waals surface area contributed by atoms with E-state index in [2.05, 4.69) is 41.3 Å². The van der Waals surface area contributed by atoms with Gasteiger partial charge in [-0.3, -0.25) is 4.79 Å². The minimum atomic E-state index is -1.82. The molecule has 2 N–H and O–H groups in total. The molecule has 0 aromatic heterocycles. The van der Waals surface area contributed by atoms with E-state index < -0.39 is 11.9 Å². The smallest absolute Gasteiger partial charge is 0.414 e. The van der Waals surface area contributed by atoms with E-state index in [0.29, 0.717) is 13.0 Å². The topological polar surface area (TPSA) is 98.2 Å². The lowest BCUT2D eigenvalue weighted by molar-refractivity contribution is -0.159. The molecule has 178 valence electrons. The third-order valence-electron chi connectivity index (χ3n) is 5.25. The highest BCUT2D eigenvalue weighted by Gasteiger charge is 2.31. The van der Waals surface area contributed by atoms with Gasteiger partial charge in [0.2, 0.25) is 5.91 Å². The molecule has 0 aliphatic carbocycles. The molecule has 1 unspecified atom stereocenters. The number of hydrogen-bond acceptors (Lipinski definition) is 5. The fourth-order valence-corrected chi connectivity index (χ4v) is 5.02. The van der Waals surface area contributed by atoms with Crippen LogP contribution in [0.4, 0.5) is 5.69 Å². The van der Waals surface area contributed by atoms with E-state index in [0.717, 1.165) is 32.9 Å². The Hall–Kier alpha value is -3.07. The summed E-state index contributed by atoms with van der Waals surface area (Å²) < 4.78 is 0. The van der Waals surface area contributed by atoms with Gasteiger partial charge in [-0.25, -0.2) is 9.59 Å². The highest BCUT2D eigenvalue weighted by molar-refractivity contribution is 7.99. The maximum absolute atomic E-state index is 13.2. The second-order valence-corrected chi connectivity index (χ2v) is 9.64. The van der Waals surface area contributed by atoms with Gasteiger partial charge in [0.25, 0.3) is 0 Å². The van der Waals surface area contributed by atoms with E-state index in [1.165, 1.54) is 5.56 Å². The van der Waals surface area contributed by atoms with E-state index in [1.807, 2.05) is 55.0 Å². The summed E-state index contributed by atoms with van der Waals surface area (Å²) in [6, 6.07) is 20.6. The van der Waals surface area contributed by atoms with Gasteiger partial charge in [-0.15, -0.1) is 11.8 Å². The van der Waals surface area contributed by atoms with Crippen molar-refractivity contribution in [1.82, 2.24) is 4.90 Å². The molecular formula is C25H25ClN2O5S. The molecule has 7 nitrogen and oxygen atoms in total. The van der Waals surface area contributed by atoms with E-state index in [-0.39, 0.29) is 11.2 Å². The maximum atomic E-state index is 13.2. The number of carboxylic acids is 2. The number of thioether (sulfide) groups is 1. The molecule has 0 radical (unpaired) electrons. The second-order valence-electron chi connectivity index (χ2n) is 7.96. The zero-order valence-electron chi connectivity index (χ0n) is 18.8. The molecule has 34 heavy (non-hydrogen) atoms. The Balaban J connectivity index is 0.000000481. The van der Waals surface area contributed by atoms with Crippen molar-refractivity contribution in [3.8, 4) is 0 Å². The van der Waals surface area contributed by atoms with Crippen molar-refractivity contribution in [3.63, 3.8) is 0 Å². The van der Waals surface area contributed by atoms with Gasteiger partial charge < -0.3 is 20.0 Å². The van der Waals surface area contributed by atoms with Crippen molar-refractivity contribution < 1.29 is 24.6 Å². The number of aliphatic carboxylic acids is 2. The fraction of sp³-hybridized carbons (Fsp3) is 0.240. The minimum absolute atomic E-state index is 0.172. The Kier molecular flexibility index (Phi) is 8.55. The third-order valence-corrected chi connectivity index (χ3v) is 6.79. The van der Waals surface area contributed by atoms with Crippen molar-refractivity contribution in [2.75, 3.05) is 32.1 Å². The molecule has 1 aliphatic heterocycles. The van der Waals surface area contributed by atoms with Crippen molar-refractivity contribution in [2.24, 2.45) is 0 Å². The minimum Gasteiger partial charge on any atom is -0.473 e. The van der Waals surface area contributed by atoms with E-state index >= 15 is 0 Å². The molecule has 1 amide bonds. The number of carboxylic acid groups (broad SMARTS) is 2. The van der Waals surface area contributed by atoms with Crippen molar-refractivity contribution >= 4 is 57.7 Å². The summed E-state index contributed by atoms with van der Waals surface area (Å²) >= 11 is 7.90. The van der Waals surface area contributed by atoms with Gasteiger partial charge in [0, 0.05) is 34.8 Å². The standard InChI is InChI=1S/C23H23ClN2OS.C2H2O4/c1-25(2)14-13-22(27)26-15-21(17-7-10-18(24)11-8-17)28-20-12-9-16-5-3-4-6-19(16)23(20)26;3-1(4)2(5)6/h3-12,21H,13-15H2,1-2H3;(H,3,4)(H,5,6). The average molecular weight is 501 g/mol. The summed E-state index contributed by atoms with van der Waals surface area (Å²) in [5, 5.41) is 18.0. The van der Waals surface area contributed by atoms with Crippen molar-refractivity contribution in [2.45, 2.75) is 16.6 Å². The summed E-state index contributed by atoms with van der Waals surface area (Å²) in [7, 11) is 4.00. The number of fused-ring (bicyclic) bond motifs is 3. The number of anilines is 1. The first-order valence-electron chi connectivity index (χ1n) is 10.5. The van der Waals surface area contributed by atoms with Crippen LogP contribution in [0.1, 0.15) is 17.2 Å². The summed E-state index contributed by atoms with van der Waals surface area (Å²) in [6.07, 6.45) is 0.508. The first-order chi connectivity index (χ1) is 16.2. The molecule has 1 atom stereocenters. The highest BCUT2D eigenvalue weighted by atomic mass is 35.5. The molecule has 1 heterocycles. The largest absolute Gasteiger partial charge is 0.473 e. The van der Waals surface area contributed by atoms with E-state index in [1.54, 1.807) is 0 Å². The molecular weight excluding hydrogens is 476 g/mol. The Labute approximate surface area is 206 Å². The van der Waals surface area contributed by atoms with E-state index in [9.17, 15) is 4.79 Å². The van der Waals surface area contributed by atoms with Gasteiger partial charge in [0.15, 0.2) is 0 Å². The number of halogens is 1. The van der Waals surface area contributed by atoms with Crippen LogP contribution in [-0.2, 0) is 14.4 Å². The lowest BCUT2D eigenvalue weighted by Crippen LogP contribution is -2.38. The summed E-state index contributed by atoms with van der Waals surface area (Å²) in [5.74, 6) is -3.48. The second kappa shape index (κ2) is 11.4. The van der Waals surface area contributed by atoms with Crippen molar-refractivity contribution in [1.29, 1.82) is 0 Å². The monoisotopic (exact) mass is 500 g/mol. The van der Waals surface area contributed by atoms with Crippen LogP contribution >= 0.6 is 23.4 Å². The molecule has 0 saturated heterocycles. The molecule has 0 bridgehead atoms. The molecule has 1 aliphatic rings. The Morgan fingerprint density at radius 1 is 1.00 bits per heavy atom. The van der Waals surface area contributed by atoms with Gasteiger partial charge in [0.1, 0.15) is 0 Å². The maximum Gasteiger partial charge on any atom is 0.414 e. The third kappa shape index (κ3) is 6.28. The van der Waals surface area contributed by atoms with Crippen LogP contribution in [0.3, 0.4) is 0 Å². The SMILES string of the molecule is CN(C)CCC(=O)N1CC(c2ccc(Cl)cc2)Sc2ccc3ccccc3c21.O=C(O)C(=O)O. The number of hydrogen-bond donors (Lipinski definition) is 2. The van der Waals surface area contributed by atoms with Gasteiger partial charge >= 0.3 is 11.9 Å². The molecule has 3 aromatic rings. The first-order valence-corrected chi connectivity index (χ1v) is 11.8. The molecule has 3 aromatic carbocycles. The lowest BCUT2D eigenvalue weighted by atomic mass is 10.1. The van der Waals surface area contributed by atoms with Crippen LogP contribution in [0, 0.1) is 0 Å². The van der Waals surface area contributed by atoms with Crippen LogP contribution in [0.15, 0.2) is 65.6 Å². The van der Waals surface area contributed by atoms with Gasteiger partial charge in [-0.05, 0) is 43.2 Å². The molecule has 0 fully saturated rings. The zero-order valence-corrected chi connectivity index (χ0v) is 20.3. The quantitative estimate of drug-likeness (QED) is 0.497. The Morgan fingerprint density at radius 2 is 1.65 bits per heavy atom. The number of benzene rings is 3.